The molecule has 2 aromatic carbocycles. The normalized spacial score (nSPS) is 19.4. The van der Waals surface area contributed by atoms with Gasteiger partial charge in [-0.2, -0.15) is 0 Å². The van der Waals surface area contributed by atoms with E-state index >= 15 is 0 Å². The minimum absolute atomic E-state index is 0.0405. The number of nitrogens with zero attached hydrogens (tertiary/aromatic N) is 1. The van der Waals surface area contributed by atoms with Crippen molar-refractivity contribution in [3.63, 3.8) is 0 Å². The van der Waals surface area contributed by atoms with Gasteiger partial charge in [0, 0.05) is 30.3 Å². The van der Waals surface area contributed by atoms with Gasteiger partial charge in [0.2, 0.25) is 17.7 Å². The molecule has 0 aromatic heterocycles. The zero-order valence-electron chi connectivity index (χ0n) is 19.0. The lowest BCUT2D eigenvalue weighted by molar-refractivity contribution is -0.126. The number of anilines is 2. The van der Waals surface area contributed by atoms with Gasteiger partial charge in [0.15, 0.2) is 0 Å². The van der Waals surface area contributed by atoms with Gasteiger partial charge in [0.1, 0.15) is 0 Å². The molecular weight excluding hydrogens is 402 g/mol. The van der Waals surface area contributed by atoms with Crippen LogP contribution in [0.1, 0.15) is 55.3 Å². The molecule has 0 bridgehead atoms. The van der Waals surface area contributed by atoms with Crippen LogP contribution in [0.15, 0.2) is 42.5 Å². The fourth-order valence-corrected chi connectivity index (χ4v) is 4.52. The summed E-state index contributed by atoms with van der Waals surface area (Å²) in [6, 6.07) is 13.4. The predicted octanol–water partition coefficient (Wildman–Crippen LogP) is 4.27. The maximum Gasteiger partial charge on any atom is 0.227 e. The highest BCUT2D eigenvalue weighted by atomic mass is 16.2. The summed E-state index contributed by atoms with van der Waals surface area (Å²) in [6.45, 7) is 6.40. The molecule has 1 aliphatic carbocycles. The van der Waals surface area contributed by atoms with Gasteiger partial charge >= 0.3 is 0 Å². The van der Waals surface area contributed by atoms with Crippen LogP contribution in [0.4, 0.5) is 11.4 Å². The molecular formula is C26H31N3O3. The lowest BCUT2D eigenvalue weighted by Crippen LogP contribution is -2.34. The zero-order valence-corrected chi connectivity index (χ0v) is 19.0. The highest BCUT2D eigenvalue weighted by Crippen LogP contribution is 2.30. The summed E-state index contributed by atoms with van der Waals surface area (Å²) < 4.78 is 0. The maximum atomic E-state index is 12.9. The monoisotopic (exact) mass is 433 g/mol. The molecule has 2 aromatic rings. The Balaban J connectivity index is 1.39. The predicted molar refractivity (Wildman–Crippen MR) is 125 cm³/mol. The highest BCUT2D eigenvalue weighted by Gasteiger charge is 2.36. The van der Waals surface area contributed by atoms with E-state index < -0.39 is 5.92 Å². The quantitative estimate of drug-likeness (QED) is 0.714. The second kappa shape index (κ2) is 9.15. The van der Waals surface area contributed by atoms with Crippen molar-refractivity contribution in [2.75, 3.05) is 16.8 Å². The Kier molecular flexibility index (Phi) is 6.31. The number of nitrogens with one attached hydrogen (secondary N) is 2. The van der Waals surface area contributed by atoms with Crippen molar-refractivity contribution in [1.29, 1.82) is 0 Å². The summed E-state index contributed by atoms with van der Waals surface area (Å²) in [6.07, 6.45) is 3.16. The van der Waals surface area contributed by atoms with E-state index in [4.69, 9.17) is 0 Å². The number of benzene rings is 2. The van der Waals surface area contributed by atoms with E-state index in [-0.39, 0.29) is 36.1 Å². The molecule has 2 aliphatic rings. The summed E-state index contributed by atoms with van der Waals surface area (Å²) in [7, 11) is 0. The van der Waals surface area contributed by atoms with Crippen LogP contribution in [0.3, 0.4) is 0 Å². The summed E-state index contributed by atoms with van der Waals surface area (Å²) in [5, 5.41) is 6.03. The molecule has 4 rings (SSSR count). The van der Waals surface area contributed by atoms with E-state index in [0.717, 1.165) is 30.4 Å². The molecule has 32 heavy (non-hydrogen) atoms. The molecule has 2 atom stereocenters. The van der Waals surface area contributed by atoms with Crippen LogP contribution in [0, 0.1) is 25.7 Å². The lowest BCUT2D eigenvalue weighted by atomic mass is 9.85. The zero-order chi connectivity index (χ0) is 22.8. The summed E-state index contributed by atoms with van der Waals surface area (Å²) in [5.41, 5.74) is 4.80. The van der Waals surface area contributed by atoms with Gasteiger partial charge in [0.05, 0.1) is 12.0 Å². The van der Waals surface area contributed by atoms with Crippen molar-refractivity contribution in [3.8, 4) is 0 Å². The van der Waals surface area contributed by atoms with Gasteiger partial charge in [-0.05, 0) is 62.9 Å². The molecule has 168 valence electrons. The van der Waals surface area contributed by atoms with Gasteiger partial charge in [0.25, 0.3) is 0 Å². The van der Waals surface area contributed by atoms with E-state index in [9.17, 15) is 14.4 Å². The van der Waals surface area contributed by atoms with Gasteiger partial charge in [-0.15, -0.1) is 0 Å². The molecule has 2 N–H and O–H groups in total. The van der Waals surface area contributed by atoms with Crippen LogP contribution in [-0.4, -0.2) is 24.3 Å². The number of rotatable bonds is 6. The SMILES string of the molecule is Cc1ccc([C@@H](C)NC(=O)[C@@H]2CC(=O)N(c3cccc(NC(=O)C4CCC4)c3)C2)c(C)c1. The number of carbonyl (C=O) groups excluding carboxylic acids is 3. The molecule has 1 heterocycles. The van der Waals surface area contributed by atoms with E-state index in [2.05, 4.69) is 16.7 Å². The van der Waals surface area contributed by atoms with Crippen LogP contribution in [0.5, 0.6) is 0 Å². The van der Waals surface area contributed by atoms with Gasteiger partial charge in [-0.3, -0.25) is 14.4 Å². The van der Waals surface area contributed by atoms with Crippen LogP contribution in [0.2, 0.25) is 0 Å². The van der Waals surface area contributed by atoms with Gasteiger partial charge in [-0.1, -0.05) is 36.2 Å². The fourth-order valence-electron chi connectivity index (χ4n) is 4.52. The van der Waals surface area contributed by atoms with Crippen LogP contribution < -0.4 is 15.5 Å². The topological polar surface area (TPSA) is 78.5 Å². The van der Waals surface area contributed by atoms with Crippen molar-refractivity contribution in [2.45, 2.75) is 52.5 Å². The highest BCUT2D eigenvalue weighted by molar-refractivity contribution is 6.01. The van der Waals surface area contributed by atoms with Crippen molar-refractivity contribution in [1.82, 2.24) is 5.32 Å². The van der Waals surface area contributed by atoms with E-state index in [1.54, 1.807) is 4.90 Å². The Morgan fingerprint density at radius 2 is 1.81 bits per heavy atom. The molecule has 2 fully saturated rings. The van der Waals surface area contributed by atoms with E-state index in [1.807, 2.05) is 57.2 Å². The summed E-state index contributed by atoms with van der Waals surface area (Å²) in [4.78, 5) is 39.5. The first-order chi connectivity index (χ1) is 15.3. The van der Waals surface area contributed by atoms with Crippen molar-refractivity contribution in [2.24, 2.45) is 11.8 Å². The molecule has 0 spiro atoms. The third-order valence-corrected chi connectivity index (χ3v) is 6.65. The lowest BCUT2D eigenvalue weighted by Gasteiger charge is -2.24. The molecule has 6 heteroatoms. The minimum Gasteiger partial charge on any atom is -0.349 e. The maximum absolute atomic E-state index is 12.9. The number of amides is 3. The fraction of sp³-hybridized carbons (Fsp3) is 0.423. The average molecular weight is 434 g/mol. The Labute approximate surface area is 189 Å². The molecule has 1 saturated carbocycles. The largest absolute Gasteiger partial charge is 0.349 e. The standard InChI is InChI=1S/C26H31N3O3/c1-16-10-11-23(17(2)12-16)18(3)27-26(32)20-13-24(30)29(15-20)22-9-5-8-21(14-22)28-25(31)19-6-4-7-19/h5,8-12,14,18-20H,4,6-7,13,15H2,1-3H3,(H,27,32)(H,28,31)/t18-,20-/m1/s1. The smallest absolute Gasteiger partial charge is 0.227 e. The number of carbonyl (C=O) groups is 3. The average Bonchev–Trinajstić information content (AvgIpc) is 3.08. The number of hydrogen-bond donors (Lipinski definition) is 2. The second-order valence-electron chi connectivity index (χ2n) is 9.16. The second-order valence-corrected chi connectivity index (χ2v) is 9.16. The van der Waals surface area contributed by atoms with Crippen molar-refractivity contribution < 1.29 is 14.4 Å². The van der Waals surface area contributed by atoms with E-state index in [1.165, 1.54) is 5.56 Å². The van der Waals surface area contributed by atoms with E-state index in [0.29, 0.717) is 17.9 Å². The minimum atomic E-state index is -0.399. The van der Waals surface area contributed by atoms with Crippen LogP contribution in [0.25, 0.3) is 0 Å². The molecule has 1 saturated heterocycles. The molecule has 0 radical (unpaired) electrons. The summed E-state index contributed by atoms with van der Waals surface area (Å²) in [5.74, 6) is -0.448. The van der Waals surface area contributed by atoms with Crippen LogP contribution in [-0.2, 0) is 14.4 Å². The third-order valence-electron chi connectivity index (χ3n) is 6.65. The first-order valence-corrected chi connectivity index (χ1v) is 11.4. The van der Waals surface area contributed by atoms with Gasteiger partial charge in [-0.25, -0.2) is 0 Å². The first kappa shape index (κ1) is 22.1. The Hall–Kier alpha value is -3.15. The molecule has 6 nitrogen and oxygen atoms in total. The molecule has 1 aliphatic heterocycles. The van der Waals surface area contributed by atoms with Gasteiger partial charge < -0.3 is 15.5 Å². The Bertz CT molecular complexity index is 1040. The van der Waals surface area contributed by atoms with Crippen LogP contribution >= 0.6 is 0 Å². The number of aryl methyl sites for hydroxylation is 2. The number of hydrogen-bond acceptors (Lipinski definition) is 3. The van der Waals surface area contributed by atoms with Crippen molar-refractivity contribution in [3.05, 3.63) is 59.2 Å². The Morgan fingerprint density at radius 3 is 2.50 bits per heavy atom. The summed E-state index contributed by atoms with van der Waals surface area (Å²) >= 11 is 0. The molecule has 3 amide bonds. The Morgan fingerprint density at radius 1 is 1.03 bits per heavy atom. The first-order valence-electron chi connectivity index (χ1n) is 11.4. The van der Waals surface area contributed by atoms with Crippen molar-refractivity contribution >= 4 is 29.1 Å². The molecule has 0 unspecified atom stereocenters. The third kappa shape index (κ3) is 4.69.